The van der Waals surface area contributed by atoms with Gasteiger partial charge >= 0.3 is 5.97 Å². The van der Waals surface area contributed by atoms with Crippen LogP contribution < -0.4 is 15.3 Å². The van der Waals surface area contributed by atoms with Crippen molar-refractivity contribution in [2.45, 2.75) is 0 Å². The van der Waals surface area contributed by atoms with Gasteiger partial charge in [0, 0.05) is 10.6 Å². The Morgan fingerprint density at radius 1 is 0.815 bits per heavy atom. The molecule has 134 valence electrons. The number of fused-ring (bicyclic) bond motifs is 1. The Balaban J connectivity index is 1.98. The maximum atomic E-state index is 14.6. The minimum atomic E-state index is -3.28. The lowest BCUT2D eigenvalue weighted by molar-refractivity contribution is -0.132. The van der Waals surface area contributed by atoms with E-state index in [1.54, 1.807) is 10.7 Å². The Morgan fingerprint density at radius 3 is 1.89 bits per heavy atom. The van der Waals surface area contributed by atoms with E-state index in [0.717, 1.165) is 11.3 Å². The first-order valence-corrected chi connectivity index (χ1v) is 10.3. The molecule has 0 spiro atoms. The summed E-state index contributed by atoms with van der Waals surface area (Å²) in [6.45, 7) is 0.0768. The zero-order chi connectivity index (χ0) is 18.9. The molecule has 0 amide bonds. The van der Waals surface area contributed by atoms with Crippen molar-refractivity contribution in [2.24, 2.45) is 0 Å². The maximum absolute atomic E-state index is 14.6. The molecule has 0 atom stereocenters. The van der Waals surface area contributed by atoms with Crippen molar-refractivity contribution in [3.8, 4) is 0 Å². The van der Waals surface area contributed by atoms with E-state index < -0.39 is 13.3 Å². The van der Waals surface area contributed by atoms with Crippen molar-refractivity contribution in [2.75, 3.05) is 11.2 Å². The predicted octanol–water partition coefficient (Wildman–Crippen LogP) is 3.90. The largest absolute Gasteiger partial charge is 0.478 e. The summed E-state index contributed by atoms with van der Waals surface area (Å²) < 4.78 is 16.4. The van der Waals surface area contributed by atoms with Crippen LogP contribution >= 0.6 is 7.29 Å². The second kappa shape index (κ2) is 6.90. The fourth-order valence-corrected chi connectivity index (χ4v) is 6.24. The summed E-state index contributed by atoms with van der Waals surface area (Å²) in [6.07, 6.45) is 1.66. The molecule has 3 aromatic rings. The average Bonchev–Trinajstić information content (AvgIpc) is 2.73. The first kappa shape index (κ1) is 17.3. The number of anilines is 1. The summed E-state index contributed by atoms with van der Waals surface area (Å²) in [4.78, 5) is 11.7. The summed E-state index contributed by atoms with van der Waals surface area (Å²) >= 11 is 0. The van der Waals surface area contributed by atoms with E-state index in [2.05, 4.69) is 0 Å². The van der Waals surface area contributed by atoms with Gasteiger partial charge in [-0.3, -0.25) is 4.57 Å². The van der Waals surface area contributed by atoms with Crippen LogP contribution in [-0.2, 0) is 9.36 Å². The monoisotopic (exact) mass is 375 g/mol. The number of hydrogen-bond acceptors (Lipinski definition) is 2. The fourth-order valence-electron chi connectivity index (χ4n) is 3.39. The number of para-hydroxylation sites is 1. The highest BCUT2D eigenvalue weighted by Gasteiger charge is 2.38. The van der Waals surface area contributed by atoms with Crippen molar-refractivity contribution < 1.29 is 14.5 Å². The zero-order valence-corrected chi connectivity index (χ0v) is 15.4. The fraction of sp³-hybridized carbons (Fsp3) is 0.0455. The molecule has 1 heterocycles. The van der Waals surface area contributed by atoms with Crippen molar-refractivity contribution in [1.29, 1.82) is 0 Å². The van der Waals surface area contributed by atoms with Crippen molar-refractivity contribution in [3.05, 3.63) is 96.1 Å². The van der Waals surface area contributed by atoms with Crippen LogP contribution in [0.3, 0.4) is 0 Å². The molecular formula is C22H18NO3P. The van der Waals surface area contributed by atoms with E-state index in [1.807, 2.05) is 84.9 Å². The highest BCUT2D eigenvalue weighted by Crippen LogP contribution is 2.52. The lowest BCUT2D eigenvalue weighted by atomic mass is 10.0. The van der Waals surface area contributed by atoms with Gasteiger partial charge in [-0.2, -0.15) is 0 Å². The van der Waals surface area contributed by atoms with Gasteiger partial charge in [-0.25, -0.2) is 4.79 Å². The number of carboxylic acids is 1. The quantitative estimate of drug-likeness (QED) is 0.703. The van der Waals surface area contributed by atoms with E-state index in [1.165, 1.54) is 0 Å². The van der Waals surface area contributed by atoms with Crippen LogP contribution in [0.4, 0.5) is 5.69 Å². The van der Waals surface area contributed by atoms with E-state index in [0.29, 0.717) is 10.6 Å². The molecule has 4 rings (SSSR count). The van der Waals surface area contributed by atoms with E-state index in [4.69, 9.17) is 0 Å². The molecule has 1 N–H and O–H groups in total. The molecule has 5 heteroatoms. The highest BCUT2D eigenvalue weighted by molar-refractivity contribution is 7.80. The maximum Gasteiger partial charge on any atom is 0.333 e. The van der Waals surface area contributed by atoms with Crippen LogP contribution in [-0.4, -0.2) is 17.6 Å². The second-order valence-electron chi connectivity index (χ2n) is 6.34. The van der Waals surface area contributed by atoms with Gasteiger partial charge in [0.1, 0.15) is 0 Å². The van der Waals surface area contributed by atoms with Gasteiger partial charge in [0.15, 0.2) is 0 Å². The minimum Gasteiger partial charge on any atom is -0.478 e. The van der Waals surface area contributed by atoms with Gasteiger partial charge in [0.05, 0.1) is 17.8 Å². The Labute approximate surface area is 157 Å². The van der Waals surface area contributed by atoms with Crippen molar-refractivity contribution in [1.82, 2.24) is 0 Å². The van der Waals surface area contributed by atoms with E-state index in [9.17, 15) is 14.5 Å². The van der Waals surface area contributed by atoms with Gasteiger partial charge in [-0.15, -0.1) is 0 Å². The third-order valence-electron chi connectivity index (χ3n) is 4.69. The van der Waals surface area contributed by atoms with E-state index in [-0.39, 0.29) is 12.1 Å². The average molecular weight is 375 g/mol. The zero-order valence-electron chi connectivity index (χ0n) is 14.5. The van der Waals surface area contributed by atoms with E-state index >= 15 is 0 Å². The second-order valence-corrected chi connectivity index (χ2v) is 9.01. The molecule has 3 aromatic carbocycles. The molecule has 0 unspecified atom stereocenters. The predicted molar refractivity (Wildman–Crippen MR) is 109 cm³/mol. The Morgan fingerprint density at radius 2 is 1.33 bits per heavy atom. The molecule has 0 bridgehead atoms. The molecule has 0 saturated heterocycles. The molecule has 0 fully saturated rings. The van der Waals surface area contributed by atoms with Crippen LogP contribution in [0.2, 0.25) is 0 Å². The summed E-state index contributed by atoms with van der Waals surface area (Å²) in [7, 11) is -3.28. The first-order valence-electron chi connectivity index (χ1n) is 8.63. The molecule has 27 heavy (non-hydrogen) atoms. The lowest BCUT2D eigenvalue weighted by Gasteiger charge is -2.37. The SMILES string of the molecule is O=C(O)C1=Cc2ccccc2N(P(=O)(c2ccccc2)c2ccccc2)C1. The number of rotatable bonds is 4. The first-order chi connectivity index (χ1) is 13.1. The summed E-state index contributed by atoms with van der Waals surface area (Å²) in [6, 6.07) is 26.0. The number of aliphatic carboxylic acids is 1. The van der Waals surface area contributed by atoms with Gasteiger partial charge in [-0.1, -0.05) is 54.6 Å². The third kappa shape index (κ3) is 2.98. The number of nitrogens with zero attached hydrogens (tertiary/aromatic N) is 1. The van der Waals surface area contributed by atoms with Gasteiger partial charge < -0.3 is 9.78 Å². The van der Waals surface area contributed by atoms with Gasteiger partial charge in [0.2, 0.25) is 7.29 Å². The normalized spacial score (nSPS) is 13.6. The summed E-state index contributed by atoms with van der Waals surface area (Å²) in [5, 5.41) is 11.0. The minimum absolute atomic E-state index is 0.0768. The smallest absolute Gasteiger partial charge is 0.333 e. The van der Waals surface area contributed by atoms with Crippen molar-refractivity contribution in [3.63, 3.8) is 0 Å². The molecule has 4 nitrogen and oxygen atoms in total. The Kier molecular flexibility index (Phi) is 4.43. The molecular weight excluding hydrogens is 357 g/mol. The summed E-state index contributed by atoms with van der Waals surface area (Å²) in [5.74, 6) is -0.998. The van der Waals surface area contributed by atoms with Crippen LogP contribution in [0.5, 0.6) is 0 Å². The molecule has 1 aliphatic heterocycles. The third-order valence-corrected chi connectivity index (χ3v) is 7.72. The van der Waals surface area contributed by atoms with Crippen LogP contribution in [0, 0.1) is 0 Å². The standard InChI is InChI=1S/C22H18NO3P/c24-22(25)18-15-17-9-7-8-14-21(17)23(16-18)27(26,19-10-3-1-4-11-19)20-12-5-2-6-13-20/h1-15H,16H2,(H,24,25). The summed E-state index contributed by atoms with van der Waals surface area (Å²) in [5.41, 5.74) is 1.76. The Hall–Kier alpha value is -3.10. The van der Waals surface area contributed by atoms with Crippen LogP contribution in [0.25, 0.3) is 6.08 Å². The topological polar surface area (TPSA) is 57.6 Å². The molecule has 1 aliphatic rings. The van der Waals surface area contributed by atoms with Gasteiger partial charge in [-0.05, 0) is 42.0 Å². The molecule has 0 aromatic heterocycles. The molecule has 0 aliphatic carbocycles. The Bertz CT molecular complexity index is 1020. The number of carbonyl (C=O) groups is 1. The van der Waals surface area contributed by atoms with Gasteiger partial charge in [0.25, 0.3) is 0 Å². The number of carboxylic acid groups (broad SMARTS) is 1. The van der Waals surface area contributed by atoms with Crippen LogP contribution in [0.1, 0.15) is 5.56 Å². The lowest BCUT2D eigenvalue weighted by Crippen LogP contribution is -2.36. The number of benzene rings is 3. The molecule has 0 radical (unpaired) electrons. The highest BCUT2D eigenvalue weighted by atomic mass is 31.2. The number of hydrogen-bond donors (Lipinski definition) is 1. The van der Waals surface area contributed by atoms with Crippen LogP contribution in [0.15, 0.2) is 90.5 Å². The molecule has 0 saturated carbocycles. The van der Waals surface area contributed by atoms with Crippen molar-refractivity contribution >= 4 is 35.6 Å².